The van der Waals surface area contributed by atoms with E-state index in [1.807, 2.05) is 59.1 Å². The number of halogens is 1. The molecular formula is C21H20ClN7. The minimum atomic E-state index is 0.0510. The van der Waals surface area contributed by atoms with E-state index in [9.17, 15) is 0 Å². The second-order valence-corrected chi connectivity index (χ2v) is 6.94. The first-order valence-electron chi connectivity index (χ1n) is 9.10. The molecule has 0 bridgehead atoms. The highest BCUT2D eigenvalue weighted by molar-refractivity contribution is 6.30. The van der Waals surface area contributed by atoms with Crippen LogP contribution in [-0.4, -0.2) is 26.9 Å². The number of benzene rings is 2. The zero-order chi connectivity index (χ0) is 20.2. The molecule has 0 fully saturated rings. The van der Waals surface area contributed by atoms with Gasteiger partial charge in [-0.3, -0.25) is 9.38 Å². The molecule has 0 atom stereocenters. The van der Waals surface area contributed by atoms with Crippen LogP contribution in [0.15, 0.2) is 72.1 Å². The molecule has 4 aromatic rings. The Labute approximate surface area is 173 Å². The van der Waals surface area contributed by atoms with Crippen LogP contribution in [0.5, 0.6) is 0 Å². The van der Waals surface area contributed by atoms with Gasteiger partial charge in [0.1, 0.15) is 11.5 Å². The lowest BCUT2D eigenvalue weighted by Gasteiger charge is -2.09. The first-order chi connectivity index (χ1) is 14.1. The zero-order valence-electron chi connectivity index (χ0n) is 15.6. The minimum absolute atomic E-state index is 0.0510. The van der Waals surface area contributed by atoms with Gasteiger partial charge in [-0.2, -0.15) is 0 Å². The minimum Gasteiger partial charge on any atom is -0.370 e. The van der Waals surface area contributed by atoms with Gasteiger partial charge in [0.15, 0.2) is 11.6 Å². The lowest BCUT2D eigenvalue weighted by atomic mass is 10.1. The SMILES string of the molecule is NC(N)=Nc1ccc(CCNc2c(-c3cccc(Cl)c3)nc3cnccn23)cc1. The summed E-state index contributed by atoms with van der Waals surface area (Å²) in [7, 11) is 0. The normalized spacial score (nSPS) is 10.8. The Bertz CT molecular complexity index is 1160. The molecule has 146 valence electrons. The molecule has 0 aliphatic carbocycles. The third-order valence-corrected chi connectivity index (χ3v) is 4.66. The van der Waals surface area contributed by atoms with Crippen LogP contribution in [0, 0.1) is 0 Å². The van der Waals surface area contributed by atoms with Crippen LogP contribution in [0.4, 0.5) is 11.5 Å². The van der Waals surface area contributed by atoms with E-state index < -0.39 is 0 Å². The van der Waals surface area contributed by atoms with Gasteiger partial charge >= 0.3 is 0 Å². The van der Waals surface area contributed by atoms with E-state index in [2.05, 4.69) is 15.3 Å². The Morgan fingerprint density at radius 3 is 2.72 bits per heavy atom. The van der Waals surface area contributed by atoms with E-state index in [-0.39, 0.29) is 5.96 Å². The largest absolute Gasteiger partial charge is 0.370 e. The molecule has 29 heavy (non-hydrogen) atoms. The summed E-state index contributed by atoms with van der Waals surface area (Å²) in [6.07, 6.45) is 6.20. The summed E-state index contributed by atoms with van der Waals surface area (Å²) in [5.74, 6) is 0.955. The molecular weight excluding hydrogens is 386 g/mol. The number of nitrogens with two attached hydrogens (primary N) is 2. The average Bonchev–Trinajstić information content (AvgIpc) is 3.08. The summed E-state index contributed by atoms with van der Waals surface area (Å²) in [5.41, 5.74) is 15.3. The third kappa shape index (κ3) is 4.30. The number of imidazole rings is 1. The molecule has 2 aromatic heterocycles. The predicted molar refractivity (Wildman–Crippen MR) is 118 cm³/mol. The number of hydrogen-bond acceptors (Lipinski definition) is 4. The maximum atomic E-state index is 6.18. The Balaban J connectivity index is 1.56. The van der Waals surface area contributed by atoms with Crippen LogP contribution in [0.1, 0.15) is 5.56 Å². The summed E-state index contributed by atoms with van der Waals surface area (Å²) in [4.78, 5) is 12.9. The number of hydrogen-bond donors (Lipinski definition) is 3. The number of guanidine groups is 1. The molecule has 5 N–H and O–H groups in total. The topological polar surface area (TPSA) is 107 Å². The molecule has 0 aliphatic rings. The van der Waals surface area contributed by atoms with Crippen molar-refractivity contribution < 1.29 is 0 Å². The lowest BCUT2D eigenvalue weighted by Crippen LogP contribution is -2.21. The molecule has 0 aliphatic heterocycles. The maximum Gasteiger partial charge on any atom is 0.191 e. The van der Waals surface area contributed by atoms with Gasteiger partial charge in [0, 0.05) is 29.5 Å². The van der Waals surface area contributed by atoms with Crippen LogP contribution in [0.2, 0.25) is 5.02 Å². The Kier molecular flexibility index (Phi) is 5.31. The van der Waals surface area contributed by atoms with E-state index in [1.165, 1.54) is 5.56 Å². The summed E-state index contributed by atoms with van der Waals surface area (Å²) < 4.78 is 1.99. The van der Waals surface area contributed by atoms with Crippen LogP contribution in [0.25, 0.3) is 16.9 Å². The van der Waals surface area contributed by atoms with Crippen LogP contribution >= 0.6 is 11.6 Å². The highest BCUT2D eigenvalue weighted by Gasteiger charge is 2.14. The van der Waals surface area contributed by atoms with E-state index >= 15 is 0 Å². The summed E-state index contributed by atoms with van der Waals surface area (Å²) in [6, 6.07) is 15.5. The fourth-order valence-electron chi connectivity index (χ4n) is 3.12. The van der Waals surface area contributed by atoms with Gasteiger partial charge in [0.05, 0.1) is 11.9 Å². The summed E-state index contributed by atoms with van der Waals surface area (Å²) >= 11 is 6.18. The average molecular weight is 406 g/mol. The van der Waals surface area contributed by atoms with Crippen molar-refractivity contribution in [3.63, 3.8) is 0 Å². The van der Waals surface area contributed by atoms with E-state index in [0.717, 1.165) is 41.4 Å². The molecule has 0 amide bonds. The van der Waals surface area contributed by atoms with E-state index in [4.69, 9.17) is 28.1 Å². The van der Waals surface area contributed by atoms with Gasteiger partial charge < -0.3 is 16.8 Å². The molecule has 2 aromatic carbocycles. The summed E-state index contributed by atoms with van der Waals surface area (Å²) in [6.45, 7) is 0.728. The number of aliphatic imine (C=N–C) groups is 1. The molecule has 0 unspecified atom stereocenters. The van der Waals surface area contributed by atoms with Gasteiger partial charge in [0.25, 0.3) is 0 Å². The predicted octanol–water partition coefficient (Wildman–Crippen LogP) is 3.61. The summed E-state index contributed by atoms with van der Waals surface area (Å²) in [5, 5.41) is 4.18. The van der Waals surface area contributed by atoms with Gasteiger partial charge in [-0.05, 0) is 36.2 Å². The number of aromatic nitrogens is 3. The van der Waals surface area contributed by atoms with Crippen molar-refractivity contribution in [1.29, 1.82) is 0 Å². The standard InChI is InChI=1S/C21H20ClN7/c22-16-3-1-2-15(12-16)19-20(29-11-10-25-13-18(29)28-19)26-9-8-14-4-6-17(7-5-14)27-21(23)24/h1-7,10-13,26H,8-9H2,(H4,23,24,27). The van der Waals surface area contributed by atoms with Crippen molar-refractivity contribution in [3.05, 3.63) is 77.7 Å². The highest BCUT2D eigenvalue weighted by Crippen LogP contribution is 2.30. The van der Waals surface area contributed by atoms with Gasteiger partial charge in [0.2, 0.25) is 0 Å². The van der Waals surface area contributed by atoms with Crippen molar-refractivity contribution in [2.75, 3.05) is 11.9 Å². The molecule has 0 saturated carbocycles. The number of nitrogens with zero attached hydrogens (tertiary/aromatic N) is 4. The molecule has 8 heteroatoms. The monoisotopic (exact) mass is 405 g/mol. The molecule has 0 spiro atoms. The molecule has 2 heterocycles. The van der Waals surface area contributed by atoms with Crippen molar-refractivity contribution in [2.24, 2.45) is 16.5 Å². The number of rotatable bonds is 6. The van der Waals surface area contributed by atoms with Crippen molar-refractivity contribution in [1.82, 2.24) is 14.4 Å². The molecule has 4 rings (SSSR count). The molecule has 7 nitrogen and oxygen atoms in total. The second-order valence-electron chi connectivity index (χ2n) is 6.50. The number of fused-ring (bicyclic) bond motifs is 1. The number of nitrogens with one attached hydrogen (secondary N) is 1. The number of anilines is 1. The van der Waals surface area contributed by atoms with Crippen LogP contribution in [-0.2, 0) is 6.42 Å². The van der Waals surface area contributed by atoms with Crippen molar-refractivity contribution in [3.8, 4) is 11.3 Å². The van der Waals surface area contributed by atoms with Gasteiger partial charge in [-0.25, -0.2) is 9.98 Å². The van der Waals surface area contributed by atoms with E-state index in [0.29, 0.717) is 5.02 Å². The van der Waals surface area contributed by atoms with Crippen molar-refractivity contribution in [2.45, 2.75) is 6.42 Å². The Hall–Kier alpha value is -3.58. The van der Waals surface area contributed by atoms with Crippen LogP contribution in [0.3, 0.4) is 0 Å². The fraction of sp³-hybridized carbons (Fsp3) is 0.0952. The zero-order valence-corrected chi connectivity index (χ0v) is 16.3. The maximum absolute atomic E-state index is 6.18. The molecule has 0 saturated heterocycles. The molecule has 0 radical (unpaired) electrons. The quantitative estimate of drug-likeness (QED) is 0.335. The van der Waals surface area contributed by atoms with Gasteiger partial charge in [-0.15, -0.1) is 0 Å². The second kappa shape index (κ2) is 8.20. The fourth-order valence-corrected chi connectivity index (χ4v) is 3.31. The highest BCUT2D eigenvalue weighted by atomic mass is 35.5. The van der Waals surface area contributed by atoms with Crippen molar-refractivity contribution >= 4 is 34.7 Å². The Morgan fingerprint density at radius 2 is 1.97 bits per heavy atom. The van der Waals surface area contributed by atoms with E-state index in [1.54, 1.807) is 12.4 Å². The first kappa shape index (κ1) is 18.8. The smallest absolute Gasteiger partial charge is 0.191 e. The van der Waals surface area contributed by atoms with Crippen LogP contribution < -0.4 is 16.8 Å². The lowest BCUT2D eigenvalue weighted by molar-refractivity contribution is 0.996. The third-order valence-electron chi connectivity index (χ3n) is 4.43. The first-order valence-corrected chi connectivity index (χ1v) is 9.48. The van der Waals surface area contributed by atoms with Gasteiger partial charge in [-0.1, -0.05) is 35.9 Å². The Morgan fingerprint density at radius 1 is 1.14 bits per heavy atom.